The van der Waals surface area contributed by atoms with Gasteiger partial charge in [0.15, 0.2) is 11.6 Å². The molecule has 2 saturated carbocycles. The Hall–Kier alpha value is -1.36. The van der Waals surface area contributed by atoms with Gasteiger partial charge in [-0.3, -0.25) is 0 Å². The molecule has 0 spiro atoms. The highest BCUT2D eigenvalue weighted by Crippen LogP contribution is 2.36. The highest BCUT2D eigenvalue weighted by molar-refractivity contribution is 5.23. The minimum atomic E-state index is -0.754. The van der Waals surface area contributed by atoms with Crippen molar-refractivity contribution in [2.45, 2.75) is 70.6 Å². The molecule has 0 heterocycles. The molecule has 2 heteroatoms. The van der Waals surface area contributed by atoms with Gasteiger partial charge in [-0.2, -0.15) is 0 Å². The van der Waals surface area contributed by atoms with E-state index in [4.69, 9.17) is 0 Å². The van der Waals surface area contributed by atoms with E-state index >= 15 is 0 Å². The van der Waals surface area contributed by atoms with Crippen LogP contribution in [-0.2, 0) is 0 Å². The summed E-state index contributed by atoms with van der Waals surface area (Å²) >= 11 is 0. The molecule has 0 atom stereocenters. The van der Waals surface area contributed by atoms with Crippen LogP contribution in [-0.4, -0.2) is 0 Å². The lowest BCUT2D eigenvalue weighted by Crippen LogP contribution is -2.14. The predicted octanol–water partition coefficient (Wildman–Crippen LogP) is 6.46. The monoisotopic (exact) mass is 330 g/mol. The van der Waals surface area contributed by atoms with Crippen LogP contribution in [0.2, 0.25) is 0 Å². The fourth-order valence-corrected chi connectivity index (χ4v) is 4.29. The first kappa shape index (κ1) is 17.5. The normalized spacial score (nSPS) is 30.5. The average Bonchev–Trinajstić information content (AvgIpc) is 2.63. The van der Waals surface area contributed by atoms with Crippen LogP contribution in [0, 0.1) is 41.2 Å². The molecular weight excluding hydrogens is 302 g/mol. The van der Waals surface area contributed by atoms with E-state index in [-0.39, 0.29) is 0 Å². The highest BCUT2D eigenvalue weighted by atomic mass is 19.2. The third-order valence-corrected chi connectivity index (χ3v) is 6.06. The van der Waals surface area contributed by atoms with Gasteiger partial charge in [-0.15, -0.1) is 0 Å². The predicted molar refractivity (Wildman–Crippen MR) is 94.6 cm³/mol. The Labute approximate surface area is 145 Å². The summed E-state index contributed by atoms with van der Waals surface area (Å²) in [4.78, 5) is 0. The largest absolute Gasteiger partial charge is 0.204 e. The van der Waals surface area contributed by atoms with Gasteiger partial charge in [-0.1, -0.05) is 31.3 Å². The van der Waals surface area contributed by atoms with Crippen molar-refractivity contribution in [3.63, 3.8) is 0 Å². The highest BCUT2D eigenvalue weighted by Gasteiger charge is 2.23. The minimum absolute atomic E-state index is 0.359. The van der Waals surface area contributed by atoms with Crippen molar-refractivity contribution >= 4 is 0 Å². The zero-order valence-corrected chi connectivity index (χ0v) is 14.7. The van der Waals surface area contributed by atoms with Crippen LogP contribution in [0.15, 0.2) is 18.2 Å². The van der Waals surface area contributed by atoms with Crippen molar-refractivity contribution in [2.75, 3.05) is 0 Å². The summed E-state index contributed by atoms with van der Waals surface area (Å²) in [5, 5.41) is 0. The molecule has 1 aromatic carbocycles. The maximum absolute atomic E-state index is 13.4. The molecule has 0 aromatic heterocycles. The second kappa shape index (κ2) is 8.15. The van der Waals surface area contributed by atoms with Gasteiger partial charge in [0.25, 0.3) is 0 Å². The molecular formula is C22H28F2. The van der Waals surface area contributed by atoms with E-state index in [2.05, 4.69) is 18.8 Å². The van der Waals surface area contributed by atoms with Crippen molar-refractivity contribution in [1.82, 2.24) is 0 Å². The molecule has 130 valence electrons. The number of benzene rings is 1. The van der Waals surface area contributed by atoms with Gasteiger partial charge in [0.2, 0.25) is 0 Å². The first-order valence-electron chi connectivity index (χ1n) is 9.61. The number of hydrogen-bond acceptors (Lipinski definition) is 0. The second-order valence-electron chi connectivity index (χ2n) is 7.64. The molecule has 24 heavy (non-hydrogen) atoms. The van der Waals surface area contributed by atoms with Crippen molar-refractivity contribution < 1.29 is 8.78 Å². The van der Waals surface area contributed by atoms with Gasteiger partial charge in [0, 0.05) is 11.8 Å². The van der Waals surface area contributed by atoms with E-state index in [9.17, 15) is 8.78 Å². The van der Waals surface area contributed by atoms with Crippen LogP contribution in [0.25, 0.3) is 0 Å². The molecule has 0 bridgehead atoms. The number of rotatable bonds is 2. The van der Waals surface area contributed by atoms with E-state index in [1.165, 1.54) is 44.2 Å². The Morgan fingerprint density at radius 2 is 1.42 bits per heavy atom. The Morgan fingerprint density at radius 3 is 1.96 bits per heavy atom. The summed E-state index contributed by atoms with van der Waals surface area (Å²) in [6, 6.07) is 4.36. The van der Waals surface area contributed by atoms with Gasteiger partial charge in [-0.05, 0) is 80.9 Å². The lowest BCUT2D eigenvalue weighted by atomic mass is 9.78. The number of halogens is 2. The molecule has 0 nitrogen and oxygen atoms in total. The van der Waals surface area contributed by atoms with Crippen LogP contribution in [0.4, 0.5) is 8.78 Å². The fourth-order valence-electron chi connectivity index (χ4n) is 4.29. The molecule has 0 N–H and O–H groups in total. The summed E-state index contributed by atoms with van der Waals surface area (Å²) in [6.07, 6.45) is 10.8. The fraction of sp³-hybridized carbons (Fsp3) is 0.636. The maximum Gasteiger partial charge on any atom is 0.159 e. The lowest BCUT2D eigenvalue weighted by Gasteiger charge is -2.27. The Bertz CT molecular complexity index is 594. The molecule has 1 aromatic rings. The molecule has 0 amide bonds. The Balaban J connectivity index is 1.49. The molecule has 2 aliphatic rings. The second-order valence-corrected chi connectivity index (χ2v) is 7.64. The van der Waals surface area contributed by atoms with Crippen LogP contribution in [0.5, 0.6) is 0 Å². The summed E-state index contributed by atoms with van der Waals surface area (Å²) in [5.74, 6) is 7.99. The first-order chi connectivity index (χ1) is 11.7. The van der Waals surface area contributed by atoms with Gasteiger partial charge in [-0.25, -0.2) is 8.78 Å². The number of hydrogen-bond donors (Lipinski definition) is 0. The minimum Gasteiger partial charge on any atom is -0.204 e. The topological polar surface area (TPSA) is 0 Å². The van der Waals surface area contributed by atoms with E-state index < -0.39 is 11.6 Å². The van der Waals surface area contributed by atoms with Crippen LogP contribution >= 0.6 is 0 Å². The van der Waals surface area contributed by atoms with E-state index in [0.717, 1.165) is 37.2 Å². The molecule has 0 aliphatic heterocycles. The standard InChI is InChI=1S/C22H28F2/c1-2-16-3-5-17(6-4-16)7-8-18-9-11-19(12-10-18)20-13-14-21(23)22(24)15-20/h13-19H,2-6,9-12H2,1H3. The van der Waals surface area contributed by atoms with E-state index in [0.29, 0.717) is 17.8 Å². The van der Waals surface area contributed by atoms with Gasteiger partial charge < -0.3 is 0 Å². The first-order valence-corrected chi connectivity index (χ1v) is 9.61. The summed E-state index contributed by atoms with van der Waals surface area (Å²) in [6.45, 7) is 2.29. The third kappa shape index (κ3) is 4.38. The zero-order chi connectivity index (χ0) is 16.9. The summed E-state index contributed by atoms with van der Waals surface area (Å²) < 4.78 is 26.5. The summed E-state index contributed by atoms with van der Waals surface area (Å²) in [5.41, 5.74) is 0.943. The Kier molecular flexibility index (Phi) is 5.93. The molecule has 2 fully saturated rings. The van der Waals surface area contributed by atoms with Crippen molar-refractivity contribution in [3.05, 3.63) is 35.4 Å². The Morgan fingerprint density at radius 1 is 0.833 bits per heavy atom. The van der Waals surface area contributed by atoms with Crippen molar-refractivity contribution in [1.29, 1.82) is 0 Å². The lowest BCUT2D eigenvalue weighted by molar-refractivity contribution is 0.309. The van der Waals surface area contributed by atoms with E-state index in [1.807, 2.05) is 0 Å². The molecule has 3 rings (SSSR count). The molecule has 0 saturated heterocycles. The van der Waals surface area contributed by atoms with Gasteiger partial charge in [0.05, 0.1) is 0 Å². The van der Waals surface area contributed by atoms with Crippen molar-refractivity contribution in [3.8, 4) is 11.8 Å². The average molecular weight is 330 g/mol. The maximum atomic E-state index is 13.4. The quantitative estimate of drug-likeness (QED) is 0.546. The molecule has 0 unspecified atom stereocenters. The van der Waals surface area contributed by atoms with Crippen molar-refractivity contribution in [2.24, 2.45) is 17.8 Å². The third-order valence-electron chi connectivity index (χ3n) is 6.06. The van der Waals surface area contributed by atoms with Gasteiger partial charge in [0.1, 0.15) is 0 Å². The van der Waals surface area contributed by atoms with Crippen LogP contribution in [0.1, 0.15) is 76.2 Å². The van der Waals surface area contributed by atoms with E-state index in [1.54, 1.807) is 6.07 Å². The van der Waals surface area contributed by atoms with Gasteiger partial charge >= 0.3 is 0 Å². The molecule has 0 radical (unpaired) electrons. The summed E-state index contributed by atoms with van der Waals surface area (Å²) in [7, 11) is 0. The van der Waals surface area contributed by atoms with Crippen LogP contribution in [0.3, 0.4) is 0 Å². The SMILES string of the molecule is CCC1CCC(C#CC2CCC(c3ccc(F)c(F)c3)CC2)CC1. The molecule has 2 aliphatic carbocycles. The smallest absolute Gasteiger partial charge is 0.159 e. The van der Waals surface area contributed by atoms with Crippen LogP contribution < -0.4 is 0 Å². The zero-order valence-electron chi connectivity index (χ0n) is 14.7.